The van der Waals surface area contributed by atoms with E-state index in [-0.39, 0.29) is 5.60 Å². The van der Waals surface area contributed by atoms with Crippen molar-refractivity contribution in [3.05, 3.63) is 35.9 Å². The molecule has 0 saturated heterocycles. The van der Waals surface area contributed by atoms with Crippen LogP contribution in [0.25, 0.3) is 0 Å². The molecule has 0 aliphatic rings. The van der Waals surface area contributed by atoms with Crippen LogP contribution in [-0.4, -0.2) is 57.3 Å². The molecule has 1 rings (SSSR count). The molecule has 0 amide bonds. The van der Waals surface area contributed by atoms with Gasteiger partial charge in [0.25, 0.3) is 0 Å². The van der Waals surface area contributed by atoms with Crippen molar-refractivity contribution < 1.29 is 4.74 Å². The lowest BCUT2D eigenvalue weighted by Crippen LogP contribution is -2.46. The number of ether oxygens (including phenoxy) is 1. The Balaban J connectivity index is 2.26. The first kappa shape index (κ1) is 18.5. The molecule has 0 bridgehead atoms. The van der Waals surface area contributed by atoms with Crippen LogP contribution in [0.2, 0.25) is 0 Å². The van der Waals surface area contributed by atoms with Crippen molar-refractivity contribution >= 4 is 5.96 Å². The second-order valence-electron chi connectivity index (χ2n) is 6.04. The number of hydrogen-bond acceptors (Lipinski definition) is 3. The van der Waals surface area contributed by atoms with Crippen LogP contribution < -0.4 is 10.6 Å². The molecular formula is C17H30N4O. The molecule has 124 valence electrons. The number of methoxy groups -OCH3 is 1. The second-order valence-corrected chi connectivity index (χ2v) is 6.04. The smallest absolute Gasteiger partial charge is 0.191 e. The molecule has 0 unspecified atom stereocenters. The maximum atomic E-state index is 5.39. The molecule has 0 spiro atoms. The molecule has 2 N–H and O–H groups in total. The topological polar surface area (TPSA) is 48.9 Å². The predicted molar refractivity (Wildman–Crippen MR) is 93.2 cm³/mol. The molecule has 5 heteroatoms. The lowest BCUT2D eigenvalue weighted by molar-refractivity contribution is 0.0268. The number of hydrogen-bond donors (Lipinski definition) is 2. The molecule has 0 saturated carbocycles. The molecule has 1 aromatic rings. The van der Waals surface area contributed by atoms with Crippen molar-refractivity contribution in [2.24, 2.45) is 4.99 Å². The third-order valence-corrected chi connectivity index (χ3v) is 3.54. The first-order valence-electron chi connectivity index (χ1n) is 7.69. The molecule has 22 heavy (non-hydrogen) atoms. The summed E-state index contributed by atoms with van der Waals surface area (Å²) >= 11 is 0. The normalized spacial score (nSPS) is 12.5. The number of guanidine groups is 1. The van der Waals surface area contributed by atoms with Gasteiger partial charge in [-0.3, -0.25) is 4.99 Å². The summed E-state index contributed by atoms with van der Waals surface area (Å²) in [6.07, 6.45) is 0. The lowest BCUT2D eigenvalue weighted by atomic mass is 10.1. The van der Waals surface area contributed by atoms with Crippen LogP contribution in [0.1, 0.15) is 19.4 Å². The van der Waals surface area contributed by atoms with E-state index in [0.29, 0.717) is 6.54 Å². The largest absolute Gasteiger partial charge is 0.377 e. The van der Waals surface area contributed by atoms with Gasteiger partial charge in [-0.1, -0.05) is 30.3 Å². The number of nitrogens with one attached hydrogen (secondary N) is 2. The van der Waals surface area contributed by atoms with Crippen LogP contribution in [0.15, 0.2) is 35.3 Å². The van der Waals surface area contributed by atoms with Crippen LogP contribution in [-0.2, 0) is 11.3 Å². The van der Waals surface area contributed by atoms with E-state index >= 15 is 0 Å². The molecule has 1 aromatic carbocycles. The van der Waals surface area contributed by atoms with E-state index in [2.05, 4.69) is 51.8 Å². The SMILES string of the molecule is CN=C(NCCN(C)Cc1ccccc1)NCC(C)(C)OC. The Kier molecular flexibility index (Phi) is 7.91. The monoisotopic (exact) mass is 306 g/mol. The summed E-state index contributed by atoms with van der Waals surface area (Å²) < 4.78 is 5.39. The Morgan fingerprint density at radius 2 is 1.91 bits per heavy atom. The molecule has 0 heterocycles. The summed E-state index contributed by atoms with van der Waals surface area (Å²) in [5, 5.41) is 6.60. The number of nitrogens with zero attached hydrogens (tertiary/aromatic N) is 2. The van der Waals surface area contributed by atoms with Gasteiger partial charge >= 0.3 is 0 Å². The number of likely N-dealkylation sites (N-methyl/N-ethyl adjacent to an activating group) is 1. The zero-order chi connectivity index (χ0) is 16.4. The Morgan fingerprint density at radius 3 is 2.50 bits per heavy atom. The van der Waals surface area contributed by atoms with Crippen molar-refractivity contribution in [2.45, 2.75) is 26.0 Å². The van der Waals surface area contributed by atoms with Crippen LogP contribution in [0.4, 0.5) is 0 Å². The summed E-state index contributed by atoms with van der Waals surface area (Å²) in [6, 6.07) is 10.5. The number of aliphatic imine (C=N–C) groups is 1. The van der Waals surface area contributed by atoms with Gasteiger partial charge in [0.15, 0.2) is 5.96 Å². The number of benzene rings is 1. The van der Waals surface area contributed by atoms with E-state index in [1.807, 2.05) is 19.9 Å². The molecule has 0 aliphatic carbocycles. The Bertz CT molecular complexity index is 445. The molecule has 0 radical (unpaired) electrons. The van der Waals surface area contributed by atoms with Gasteiger partial charge in [0, 0.05) is 40.3 Å². The molecular weight excluding hydrogens is 276 g/mol. The van der Waals surface area contributed by atoms with Gasteiger partial charge in [-0.2, -0.15) is 0 Å². The minimum Gasteiger partial charge on any atom is -0.377 e. The van der Waals surface area contributed by atoms with Crippen molar-refractivity contribution in [1.82, 2.24) is 15.5 Å². The van der Waals surface area contributed by atoms with E-state index in [1.54, 1.807) is 14.2 Å². The van der Waals surface area contributed by atoms with Gasteiger partial charge in [-0.25, -0.2) is 0 Å². The first-order chi connectivity index (χ1) is 10.5. The van der Waals surface area contributed by atoms with E-state index in [9.17, 15) is 0 Å². The molecule has 0 aliphatic heterocycles. The third-order valence-electron chi connectivity index (χ3n) is 3.54. The minimum atomic E-state index is -0.207. The maximum absolute atomic E-state index is 5.39. The van der Waals surface area contributed by atoms with E-state index < -0.39 is 0 Å². The standard InChI is InChI=1S/C17H30N4O/c1-17(2,22-5)14-20-16(18-3)19-11-12-21(4)13-15-9-7-6-8-10-15/h6-10H,11-14H2,1-5H3,(H2,18,19,20). The van der Waals surface area contributed by atoms with E-state index in [4.69, 9.17) is 4.74 Å². The van der Waals surface area contributed by atoms with Crippen molar-refractivity contribution in [2.75, 3.05) is 40.8 Å². The van der Waals surface area contributed by atoms with Gasteiger partial charge in [0.05, 0.1) is 5.60 Å². The van der Waals surface area contributed by atoms with E-state index in [1.165, 1.54) is 5.56 Å². The predicted octanol–water partition coefficient (Wildman–Crippen LogP) is 1.71. The quantitative estimate of drug-likeness (QED) is 0.567. The minimum absolute atomic E-state index is 0.207. The Morgan fingerprint density at radius 1 is 1.23 bits per heavy atom. The lowest BCUT2D eigenvalue weighted by Gasteiger charge is -2.25. The average Bonchev–Trinajstić information content (AvgIpc) is 2.51. The second kappa shape index (κ2) is 9.43. The average molecular weight is 306 g/mol. The van der Waals surface area contributed by atoms with Gasteiger partial charge in [0.1, 0.15) is 0 Å². The van der Waals surface area contributed by atoms with Crippen LogP contribution in [0.3, 0.4) is 0 Å². The fourth-order valence-corrected chi connectivity index (χ4v) is 1.93. The highest BCUT2D eigenvalue weighted by Gasteiger charge is 2.16. The summed E-state index contributed by atoms with van der Waals surface area (Å²) in [6.45, 7) is 7.54. The van der Waals surface area contributed by atoms with Crippen LogP contribution in [0.5, 0.6) is 0 Å². The van der Waals surface area contributed by atoms with Crippen LogP contribution in [0, 0.1) is 0 Å². The highest BCUT2D eigenvalue weighted by Crippen LogP contribution is 2.04. The summed E-state index contributed by atoms with van der Waals surface area (Å²) in [5.74, 6) is 0.804. The molecule has 0 atom stereocenters. The third kappa shape index (κ3) is 7.43. The summed E-state index contributed by atoms with van der Waals surface area (Å²) in [5.41, 5.74) is 1.12. The van der Waals surface area contributed by atoms with Crippen molar-refractivity contribution in [3.8, 4) is 0 Å². The zero-order valence-electron chi connectivity index (χ0n) is 14.5. The fraction of sp³-hybridized carbons (Fsp3) is 0.588. The van der Waals surface area contributed by atoms with Crippen LogP contribution >= 0.6 is 0 Å². The van der Waals surface area contributed by atoms with Gasteiger partial charge < -0.3 is 20.3 Å². The number of rotatable bonds is 8. The van der Waals surface area contributed by atoms with Crippen molar-refractivity contribution in [3.63, 3.8) is 0 Å². The van der Waals surface area contributed by atoms with Crippen molar-refractivity contribution in [1.29, 1.82) is 0 Å². The Labute approximate surface area is 134 Å². The molecule has 0 aromatic heterocycles. The fourth-order valence-electron chi connectivity index (χ4n) is 1.93. The van der Waals surface area contributed by atoms with Gasteiger partial charge in [-0.05, 0) is 26.5 Å². The summed E-state index contributed by atoms with van der Waals surface area (Å²) in [7, 11) is 5.62. The first-order valence-corrected chi connectivity index (χ1v) is 7.69. The maximum Gasteiger partial charge on any atom is 0.191 e. The van der Waals surface area contributed by atoms with E-state index in [0.717, 1.165) is 25.6 Å². The molecule has 0 fully saturated rings. The van der Waals surface area contributed by atoms with Gasteiger partial charge in [-0.15, -0.1) is 0 Å². The molecule has 5 nitrogen and oxygen atoms in total. The highest BCUT2D eigenvalue weighted by atomic mass is 16.5. The Hall–Kier alpha value is -1.59. The highest BCUT2D eigenvalue weighted by molar-refractivity contribution is 5.79. The zero-order valence-corrected chi connectivity index (χ0v) is 14.5. The van der Waals surface area contributed by atoms with Gasteiger partial charge in [0.2, 0.25) is 0 Å². The summed E-state index contributed by atoms with van der Waals surface area (Å²) in [4.78, 5) is 6.51.